The summed E-state index contributed by atoms with van der Waals surface area (Å²) in [5.74, 6) is 0.670. The Kier molecular flexibility index (Phi) is 3.96. The van der Waals surface area contributed by atoms with Gasteiger partial charge in [0, 0.05) is 18.7 Å². The monoisotopic (exact) mass is 284 g/mol. The van der Waals surface area contributed by atoms with Crippen LogP contribution >= 0.6 is 0 Å². The van der Waals surface area contributed by atoms with Crippen LogP contribution in [0, 0.1) is 5.92 Å². The number of fused-ring (bicyclic) bond motifs is 1. The molecule has 1 aromatic carbocycles. The first-order valence-electron chi connectivity index (χ1n) is 7.80. The summed E-state index contributed by atoms with van der Waals surface area (Å²) < 4.78 is 5.93. The van der Waals surface area contributed by atoms with Gasteiger partial charge in [-0.25, -0.2) is 0 Å². The largest absolute Gasteiger partial charge is 0.376 e. The topological polar surface area (TPSA) is 48.1 Å². The van der Waals surface area contributed by atoms with Crippen molar-refractivity contribution in [2.75, 3.05) is 7.11 Å². The standard InChI is InChI=1S/C18H24N2O/c1-13-5-3-9-18(12-13,21-2)17(19)15-8-7-14-6-4-10-20-16(14)11-15/h4,6-8,10-11,13,17H,3,5,9,12,19H2,1-2H3. The Labute approximate surface area is 126 Å². The molecule has 2 aromatic rings. The lowest BCUT2D eigenvalue weighted by Gasteiger charge is -2.43. The van der Waals surface area contributed by atoms with Crippen molar-refractivity contribution in [2.45, 2.75) is 44.2 Å². The number of pyridine rings is 1. The summed E-state index contributed by atoms with van der Waals surface area (Å²) in [6.45, 7) is 2.29. The molecule has 3 rings (SSSR count). The molecule has 0 radical (unpaired) electrons. The Bertz CT molecular complexity index is 627. The van der Waals surface area contributed by atoms with Crippen LogP contribution in [0.2, 0.25) is 0 Å². The first-order chi connectivity index (χ1) is 10.1. The van der Waals surface area contributed by atoms with E-state index in [2.05, 4.69) is 36.2 Å². The zero-order valence-corrected chi connectivity index (χ0v) is 12.9. The Hall–Kier alpha value is -1.45. The van der Waals surface area contributed by atoms with Gasteiger partial charge in [0.25, 0.3) is 0 Å². The van der Waals surface area contributed by atoms with Gasteiger partial charge < -0.3 is 10.5 Å². The highest BCUT2D eigenvalue weighted by Gasteiger charge is 2.41. The molecule has 0 amide bonds. The molecule has 1 saturated carbocycles. The predicted molar refractivity (Wildman–Crippen MR) is 86.0 cm³/mol. The number of methoxy groups -OCH3 is 1. The highest BCUT2D eigenvalue weighted by Crippen LogP contribution is 2.42. The zero-order valence-electron chi connectivity index (χ0n) is 12.9. The predicted octanol–water partition coefficient (Wildman–Crippen LogP) is 3.83. The van der Waals surface area contributed by atoms with Crippen LogP contribution in [0.15, 0.2) is 36.5 Å². The van der Waals surface area contributed by atoms with Crippen LogP contribution in [-0.2, 0) is 4.74 Å². The van der Waals surface area contributed by atoms with Crippen LogP contribution in [0.1, 0.15) is 44.2 Å². The Morgan fingerprint density at radius 2 is 2.24 bits per heavy atom. The maximum absolute atomic E-state index is 6.62. The third-order valence-corrected chi connectivity index (χ3v) is 4.95. The smallest absolute Gasteiger partial charge is 0.0872 e. The van der Waals surface area contributed by atoms with Gasteiger partial charge in [-0.2, -0.15) is 0 Å². The van der Waals surface area contributed by atoms with Crippen molar-refractivity contribution < 1.29 is 4.74 Å². The van der Waals surface area contributed by atoms with Crippen molar-refractivity contribution in [2.24, 2.45) is 11.7 Å². The van der Waals surface area contributed by atoms with Gasteiger partial charge in [0.2, 0.25) is 0 Å². The van der Waals surface area contributed by atoms with Crippen LogP contribution in [0.3, 0.4) is 0 Å². The molecule has 1 aliphatic rings. The Morgan fingerprint density at radius 3 is 3.00 bits per heavy atom. The highest BCUT2D eigenvalue weighted by atomic mass is 16.5. The van der Waals surface area contributed by atoms with Crippen LogP contribution in [0.25, 0.3) is 10.9 Å². The summed E-state index contributed by atoms with van der Waals surface area (Å²) in [7, 11) is 1.80. The normalized spacial score (nSPS) is 27.7. The lowest BCUT2D eigenvalue weighted by Crippen LogP contribution is -2.46. The number of hydrogen-bond acceptors (Lipinski definition) is 3. The molecule has 1 fully saturated rings. The summed E-state index contributed by atoms with van der Waals surface area (Å²) in [4.78, 5) is 4.44. The molecule has 3 atom stereocenters. The SMILES string of the molecule is COC1(C(N)c2ccc3cccnc3c2)CCCC(C)C1. The molecular formula is C18H24N2O. The third-order valence-electron chi connectivity index (χ3n) is 4.95. The van der Waals surface area contributed by atoms with Gasteiger partial charge in [0.1, 0.15) is 0 Å². The number of benzene rings is 1. The maximum Gasteiger partial charge on any atom is 0.0872 e. The third kappa shape index (κ3) is 2.68. The lowest BCUT2D eigenvalue weighted by molar-refractivity contribution is -0.0718. The molecule has 1 heterocycles. The molecule has 0 aliphatic heterocycles. The van der Waals surface area contributed by atoms with Gasteiger partial charge in [-0.1, -0.05) is 38.0 Å². The molecule has 3 nitrogen and oxygen atoms in total. The molecule has 3 unspecified atom stereocenters. The first-order valence-corrected chi connectivity index (χ1v) is 7.80. The average Bonchev–Trinajstić information content (AvgIpc) is 2.53. The lowest BCUT2D eigenvalue weighted by atomic mass is 9.73. The minimum Gasteiger partial charge on any atom is -0.376 e. The molecule has 0 saturated heterocycles. The van der Waals surface area contributed by atoms with Crippen molar-refractivity contribution in [1.29, 1.82) is 0 Å². The van der Waals surface area contributed by atoms with E-state index in [1.165, 1.54) is 12.8 Å². The highest BCUT2D eigenvalue weighted by molar-refractivity contribution is 5.79. The van der Waals surface area contributed by atoms with Gasteiger partial charge in [-0.05, 0) is 36.5 Å². The summed E-state index contributed by atoms with van der Waals surface area (Å²) in [5.41, 5.74) is 8.50. The molecule has 3 heteroatoms. The van der Waals surface area contributed by atoms with Crippen LogP contribution in [0.4, 0.5) is 0 Å². The minimum absolute atomic E-state index is 0.100. The number of aromatic nitrogens is 1. The van der Waals surface area contributed by atoms with E-state index < -0.39 is 0 Å². The summed E-state index contributed by atoms with van der Waals surface area (Å²) in [6.07, 6.45) is 6.36. The van der Waals surface area contributed by atoms with E-state index in [4.69, 9.17) is 10.5 Å². The van der Waals surface area contributed by atoms with Crippen molar-refractivity contribution >= 4 is 10.9 Å². The Balaban J connectivity index is 1.96. The number of hydrogen-bond donors (Lipinski definition) is 1. The Morgan fingerprint density at radius 1 is 1.38 bits per heavy atom. The molecule has 0 spiro atoms. The van der Waals surface area contributed by atoms with E-state index in [-0.39, 0.29) is 11.6 Å². The quantitative estimate of drug-likeness (QED) is 0.931. The maximum atomic E-state index is 6.62. The second-order valence-corrected chi connectivity index (χ2v) is 6.40. The van der Waals surface area contributed by atoms with Gasteiger partial charge in [0.15, 0.2) is 0 Å². The fourth-order valence-corrected chi connectivity index (χ4v) is 3.72. The molecule has 2 N–H and O–H groups in total. The second-order valence-electron chi connectivity index (χ2n) is 6.40. The fourth-order valence-electron chi connectivity index (χ4n) is 3.72. The van der Waals surface area contributed by atoms with E-state index in [0.717, 1.165) is 29.3 Å². The van der Waals surface area contributed by atoms with E-state index in [9.17, 15) is 0 Å². The van der Waals surface area contributed by atoms with E-state index in [1.807, 2.05) is 12.3 Å². The molecule has 1 aromatic heterocycles. The molecule has 112 valence electrons. The van der Waals surface area contributed by atoms with E-state index in [1.54, 1.807) is 7.11 Å². The van der Waals surface area contributed by atoms with Gasteiger partial charge in [0.05, 0.1) is 17.2 Å². The molecule has 1 aliphatic carbocycles. The van der Waals surface area contributed by atoms with Gasteiger partial charge >= 0.3 is 0 Å². The van der Waals surface area contributed by atoms with Crippen LogP contribution in [0.5, 0.6) is 0 Å². The number of nitrogens with zero attached hydrogens (tertiary/aromatic N) is 1. The summed E-state index contributed by atoms with van der Waals surface area (Å²) in [6, 6.07) is 10.3. The van der Waals surface area contributed by atoms with Gasteiger partial charge in [-0.15, -0.1) is 0 Å². The number of nitrogens with two attached hydrogens (primary N) is 1. The van der Waals surface area contributed by atoms with Crippen molar-refractivity contribution in [3.05, 3.63) is 42.1 Å². The van der Waals surface area contributed by atoms with Crippen molar-refractivity contribution in [3.8, 4) is 0 Å². The van der Waals surface area contributed by atoms with E-state index in [0.29, 0.717) is 5.92 Å². The van der Waals surface area contributed by atoms with Crippen molar-refractivity contribution in [3.63, 3.8) is 0 Å². The molecule has 0 bridgehead atoms. The minimum atomic E-state index is -0.236. The number of rotatable bonds is 3. The number of ether oxygens (including phenoxy) is 1. The van der Waals surface area contributed by atoms with Crippen LogP contribution in [-0.4, -0.2) is 17.7 Å². The summed E-state index contributed by atoms with van der Waals surface area (Å²) in [5, 5.41) is 1.15. The second kappa shape index (κ2) is 5.74. The van der Waals surface area contributed by atoms with Crippen molar-refractivity contribution in [1.82, 2.24) is 4.98 Å². The molecule has 21 heavy (non-hydrogen) atoms. The first kappa shape index (κ1) is 14.5. The fraction of sp³-hybridized carbons (Fsp3) is 0.500. The zero-order chi connectivity index (χ0) is 14.9. The van der Waals surface area contributed by atoms with E-state index >= 15 is 0 Å². The molecular weight excluding hydrogens is 260 g/mol. The van der Waals surface area contributed by atoms with Crippen LogP contribution < -0.4 is 5.73 Å². The van der Waals surface area contributed by atoms with Gasteiger partial charge in [-0.3, -0.25) is 4.98 Å². The average molecular weight is 284 g/mol. The summed E-state index contributed by atoms with van der Waals surface area (Å²) >= 11 is 0.